The van der Waals surface area contributed by atoms with Crippen LogP contribution in [0.15, 0.2) is 42.7 Å². The molecule has 1 aromatic heterocycles. The van der Waals surface area contributed by atoms with Gasteiger partial charge in [0.25, 0.3) is 0 Å². The monoisotopic (exact) mass is 450 g/mol. The molecule has 0 saturated carbocycles. The van der Waals surface area contributed by atoms with Crippen molar-refractivity contribution in [2.75, 3.05) is 7.05 Å². The van der Waals surface area contributed by atoms with Gasteiger partial charge < -0.3 is 9.88 Å². The normalized spacial score (nSPS) is 13.0. The molecule has 0 radical (unpaired) electrons. The zero-order chi connectivity index (χ0) is 22.8. The number of fused-ring (bicyclic) bond motifs is 1. The first-order chi connectivity index (χ1) is 14.6. The molecule has 1 atom stereocenters. The molecule has 0 aliphatic heterocycles. The number of sulfonamides is 1. The van der Waals surface area contributed by atoms with E-state index in [0.717, 1.165) is 17.7 Å². The Morgan fingerprint density at radius 3 is 2.32 bits per heavy atom. The van der Waals surface area contributed by atoms with Crippen molar-refractivity contribution in [2.24, 2.45) is 5.92 Å². The number of hydrogen-bond donors (Lipinski definition) is 2. The summed E-state index contributed by atoms with van der Waals surface area (Å²) in [4.78, 5) is 17.0. The third-order valence-corrected chi connectivity index (χ3v) is 6.31. The summed E-state index contributed by atoms with van der Waals surface area (Å²) >= 11 is 0. The second kappa shape index (κ2) is 9.11. The van der Waals surface area contributed by atoms with E-state index in [2.05, 4.69) is 15.0 Å². The van der Waals surface area contributed by atoms with Crippen LogP contribution < -0.4 is 10.0 Å². The number of carbonyl (C=O) groups excluding carboxylic acids is 1. The number of halogens is 2. The van der Waals surface area contributed by atoms with Gasteiger partial charge in [0.2, 0.25) is 15.9 Å². The molecule has 3 rings (SSSR count). The molecule has 0 aliphatic carbocycles. The molecular weight excluding hydrogens is 426 g/mol. The Labute approximate surface area is 179 Å². The Kier molecular flexibility index (Phi) is 6.71. The molecule has 1 amide bonds. The fourth-order valence-electron chi connectivity index (χ4n) is 3.33. The summed E-state index contributed by atoms with van der Waals surface area (Å²) < 4.78 is 54.3. The lowest BCUT2D eigenvalue weighted by Crippen LogP contribution is -2.34. The van der Waals surface area contributed by atoms with E-state index < -0.39 is 27.7 Å². The number of nitrogens with one attached hydrogen (secondary N) is 2. The molecule has 31 heavy (non-hydrogen) atoms. The van der Waals surface area contributed by atoms with E-state index in [9.17, 15) is 22.0 Å². The molecule has 1 heterocycles. The highest BCUT2D eigenvalue weighted by Gasteiger charge is 2.26. The third-order valence-electron chi connectivity index (χ3n) is 4.97. The molecule has 166 valence electrons. The van der Waals surface area contributed by atoms with Crippen molar-refractivity contribution in [2.45, 2.75) is 32.2 Å². The fraction of sp³-hybridized carbons (Fsp3) is 0.333. The lowest BCUT2D eigenvalue weighted by Gasteiger charge is -2.22. The van der Waals surface area contributed by atoms with Gasteiger partial charge in [0.05, 0.1) is 23.1 Å². The van der Waals surface area contributed by atoms with E-state index >= 15 is 0 Å². The van der Waals surface area contributed by atoms with Gasteiger partial charge in [-0.05, 0) is 24.1 Å². The van der Waals surface area contributed by atoms with Crippen molar-refractivity contribution >= 4 is 27.0 Å². The van der Waals surface area contributed by atoms with Gasteiger partial charge in [-0.15, -0.1) is 0 Å². The van der Waals surface area contributed by atoms with E-state index in [4.69, 9.17) is 0 Å². The van der Waals surface area contributed by atoms with Crippen molar-refractivity contribution in [1.29, 1.82) is 0 Å². The molecule has 0 aliphatic rings. The lowest BCUT2D eigenvalue weighted by atomic mass is 10.0. The van der Waals surface area contributed by atoms with Crippen molar-refractivity contribution in [3.8, 4) is 0 Å². The van der Waals surface area contributed by atoms with E-state index in [1.165, 1.54) is 13.4 Å². The summed E-state index contributed by atoms with van der Waals surface area (Å²) in [6.45, 7) is 3.94. The maximum Gasteiger partial charge on any atom is 0.243 e. The van der Waals surface area contributed by atoms with Gasteiger partial charge in [-0.25, -0.2) is 26.9 Å². The highest BCUT2D eigenvalue weighted by Crippen LogP contribution is 2.25. The van der Waals surface area contributed by atoms with E-state index in [1.807, 2.05) is 13.8 Å². The van der Waals surface area contributed by atoms with Crippen LogP contribution in [0.2, 0.25) is 0 Å². The zero-order valence-electron chi connectivity index (χ0n) is 17.4. The average molecular weight is 451 g/mol. The Bertz CT molecular complexity index is 1190. The maximum absolute atomic E-state index is 13.7. The third kappa shape index (κ3) is 5.26. The summed E-state index contributed by atoms with van der Waals surface area (Å²) in [5, 5.41) is 2.85. The second-order valence-corrected chi connectivity index (χ2v) is 9.52. The summed E-state index contributed by atoms with van der Waals surface area (Å²) in [6.07, 6.45) is 1.41. The molecule has 0 saturated heterocycles. The highest BCUT2D eigenvalue weighted by molar-refractivity contribution is 7.88. The van der Waals surface area contributed by atoms with Gasteiger partial charge in [0, 0.05) is 18.7 Å². The minimum atomic E-state index is -3.36. The van der Waals surface area contributed by atoms with Crippen LogP contribution in [0.25, 0.3) is 11.0 Å². The van der Waals surface area contributed by atoms with Crippen molar-refractivity contribution in [3.63, 3.8) is 0 Å². The Morgan fingerprint density at radius 1 is 1.10 bits per heavy atom. The lowest BCUT2D eigenvalue weighted by molar-refractivity contribution is -0.125. The van der Waals surface area contributed by atoms with Crippen LogP contribution in [0, 0.1) is 17.6 Å². The average Bonchev–Trinajstić information content (AvgIpc) is 3.09. The number of hydrogen-bond acceptors (Lipinski definition) is 4. The second-order valence-electron chi connectivity index (χ2n) is 7.59. The number of carbonyl (C=O) groups is 1. The smallest absolute Gasteiger partial charge is 0.243 e. The molecule has 7 nitrogen and oxygen atoms in total. The number of nitrogens with zero attached hydrogens (tertiary/aromatic N) is 2. The van der Waals surface area contributed by atoms with Gasteiger partial charge in [-0.2, -0.15) is 0 Å². The highest BCUT2D eigenvalue weighted by atomic mass is 32.2. The summed E-state index contributed by atoms with van der Waals surface area (Å²) in [7, 11) is -2.00. The molecule has 3 aromatic rings. The van der Waals surface area contributed by atoms with Crippen LogP contribution in [0.5, 0.6) is 0 Å². The van der Waals surface area contributed by atoms with Crippen LogP contribution in [0.4, 0.5) is 8.78 Å². The molecular formula is C21H24F2N4O3S. The zero-order valence-corrected chi connectivity index (χ0v) is 18.2. The molecule has 2 N–H and O–H groups in total. The maximum atomic E-state index is 13.7. The first kappa shape index (κ1) is 22.8. The van der Waals surface area contributed by atoms with E-state index in [1.54, 1.807) is 28.8 Å². The predicted octanol–water partition coefficient (Wildman–Crippen LogP) is 2.88. The van der Waals surface area contributed by atoms with Crippen LogP contribution in [0.3, 0.4) is 0 Å². The van der Waals surface area contributed by atoms with Crippen molar-refractivity contribution < 1.29 is 22.0 Å². The molecule has 10 heteroatoms. The molecule has 0 spiro atoms. The predicted molar refractivity (Wildman–Crippen MR) is 113 cm³/mol. The SMILES string of the molecule is CNS(=O)(=O)Cc1ccc(CNC(=O)C(C(C)C)n2cnc3cc(F)c(F)cc32)cc1. The van der Waals surface area contributed by atoms with Crippen LogP contribution in [-0.4, -0.2) is 30.9 Å². The quantitative estimate of drug-likeness (QED) is 0.552. The number of rotatable bonds is 8. The number of amides is 1. The molecule has 0 bridgehead atoms. The Morgan fingerprint density at radius 2 is 1.71 bits per heavy atom. The van der Waals surface area contributed by atoms with Crippen LogP contribution in [-0.2, 0) is 27.1 Å². The van der Waals surface area contributed by atoms with Gasteiger partial charge in [0.1, 0.15) is 6.04 Å². The Balaban J connectivity index is 1.74. The van der Waals surface area contributed by atoms with Gasteiger partial charge in [0.15, 0.2) is 11.6 Å². The fourth-order valence-corrected chi connectivity index (χ4v) is 4.11. The van der Waals surface area contributed by atoms with Crippen LogP contribution in [0.1, 0.15) is 31.0 Å². The standard InChI is InChI=1S/C21H24F2N4O3S/c1-13(2)20(27-12-26-18-8-16(22)17(23)9-19(18)27)21(28)25-10-14-4-6-15(7-5-14)11-31(29,30)24-3/h4-9,12-13,20,24H,10-11H2,1-3H3,(H,25,28). The number of aromatic nitrogens is 2. The minimum absolute atomic E-state index is 0.129. The summed E-state index contributed by atoms with van der Waals surface area (Å²) in [5.41, 5.74) is 2.03. The van der Waals surface area contributed by atoms with Crippen molar-refractivity contribution in [1.82, 2.24) is 19.6 Å². The van der Waals surface area contributed by atoms with Crippen LogP contribution >= 0.6 is 0 Å². The minimum Gasteiger partial charge on any atom is -0.350 e. The van der Waals surface area contributed by atoms with E-state index in [-0.39, 0.29) is 29.6 Å². The summed E-state index contributed by atoms with van der Waals surface area (Å²) in [6, 6.07) is 8.25. The van der Waals surface area contributed by atoms with Gasteiger partial charge >= 0.3 is 0 Å². The molecule has 0 fully saturated rings. The Hall–Kier alpha value is -2.85. The first-order valence-corrected chi connectivity index (χ1v) is 11.3. The van der Waals surface area contributed by atoms with Gasteiger partial charge in [-0.1, -0.05) is 38.1 Å². The molecule has 2 aromatic carbocycles. The first-order valence-electron chi connectivity index (χ1n) is 9.69. The van der Waals surface area contributed by atoms with E-state index in [0.29, 0.717) is 11.1 Å². The van der Waals surface area contributed by atoms with Crippen molar-refractivity contribution in [3.05, 3.63) is 65.5 Å². The topological polar surface area (TPSA) is 93.1 Å². The number of benzene rings is 2. The largest absolute Gasteiger partial charge is 0.350 e. The summed E-state index contributed by atoms with van der Waals surface area (Å²) in [5.74, 6) is -2.55. The molecule has 1 unspecified atom stereocenters. The number of imidazole rings is 1. The van der Waals surface area contributed by atoms with Gasteiger partial charge in [-0.3, -0.25) is 4.79 Å².